The van der Waals surface area contributed by atoms with Crippen LogP contribution in [-0.2, 0) is 0 Å². The summed E-state index contributed by atoms with van der Waals surface area (Å²) >= 11 is 0. The molecule has 0 saturated carbocycles. The molecule has 0 spiro atoms. The van der Waals surface area contributed by atoms with Gasteiger partial charge in [-0.3, -0.25) is 0 Å². The largest absolute Gasteiger partial charge is 0.324 e. The van der Waals surface area contributed by atoms with Crippen molar-refractivity contribution in [2.24, 2.45) is 5.73 Å². The second kappa shape index (κ2) is 3.71. The summed E-state index contributed by atoms with van der Waals surface area (Å²) in [5.74, 6) is 0. The third-order valence-electron chi connectivity index (χ3n) is 2.80. The minimum atomic E-state index is 0.211. The molecule has 0 amide bonds. The second-order valence-electron chi connectivity index (χ2n) is 4.35. The smallest absolute Gasteiger partial charge is 0.0343 e. The molecule has 0 radical (unpaired) electrons. The van der Waals surface area contributed by atoms with Crippen molar-refractivity contribution in [3.05, 3.63) is 35.4 Å². The van der Waals surface area contributed by atoms with E-state index in [2.05, 4.69) is 43.4 Å². The molecular formula is C12H18N2. The van der Waals surface area contributed by atoms with E-state index in [1.165, 1.54) is 11.1 Å². The molecule has 0 aromatic heterocycles. The monoisotopic (exact) mass is 190 g/mol. The van der Waals surface area contributed by atoms with E-state index in [0.717, 1.165) is 6.42 Å². The molecule has 0 bridgehead atoms. The maximum Gasteiger partial charge on any atom is 0.0343 e. The van der Waals surface area contributed by atoms with Crippen LogP contribution in [0.1, 0.15) is 43.5 Å². The lowest BCUT2D eigenvalue weighted by Crippen LogP contribution is -2.27. The van der Waals surface area contributed by atoms with Crippen LogP contribution < -0.4 is 11.1 Å². The number of hydrogen-bond acceptors (Lipinski definition) is 2. The van der Waals surface area contributed by atoms with Gasteiger partial charge in [-0.2, -0.15) is 0 Å². The first-order valence-corrected chi connectivity index (χ1v) is 5.29. The average molecular weight is 190 g/mol. The highest BCUT2D eigenvalue weighted by Crippen LogP contribution is 2.36. The van der Waals surface area contributed by atoms with E-state index in [1.807, 2.05) is 0 Å². The summed E-state index contributed by atoms with van der Waals surface area (Å²) in [7, 11) is 0. The molecule has 0 aliphatic heterocycles. The Hall–Kier alpha value is -0.860. The van der Waals surface area contributed by atoms with Crippen LogP contribution in [0, 0.1) is 0 Å². The van der Waals surface area contributed by atoms with Crippen molar-refractivity contribution in [2.45, 2.75) is 38.4 Å². The number of nitrogens with one attached hydrogen (secondary N) is 1. The Balaban J connectivity index is 2.25. The molecule has 2 nitrogen and oxygen atoms in total. The molecule has 14 heavy (non-hydrogen) atoms. The van der Waals surface area contributed by atoms with Crippen LogP contribution in [0.25, 0.3) is 0 Å². The summed E-state index contributed by atoms with van der Waals surface area (Å²) in [6, 6.07) is 9.65. The van der Waals surface area contributed by atoms with Gasteiger partial charge in [-0.15, -0.1) is 0 Å². The normalized spacial score (nSPS) is 25.4. The van der Waals surface area contributed by atoms with E-state index in [1.54, 1.807) is 0 Å². The molecule has 2 rings (SSSR count). The van der Waals surface area contributed by atoms with Crippen molar-refractivity contribution in [3.63, 3.8) is 0 Å². The van der Waals surface area contributed by atoms with Gasteiger partial charge in [-0.05, 0) is 17.5 Å². The minimum absolute atomic E-state index is 0.211. The molecule has 1 aliphatic carbocycles. The number of hydrogen-bond donors (Lipinski definition) is 2. The summed E-state index contributed by atoms with van der Waals surface area (Å²) in [6.07, 6.45) is 1.03. The molecule has 0 saturated heterocycles. The van der Waals surface area contributed by atoms with E-state index < -0.39 is 0 Å². The molecule has 1 aromatic rings. The molecule has 2 atom stereocenters. The Labute approximate surface area is 85.5 Å². The number of rotatable bonds is 2. The van der Waals surface area contributed by atoms with Gasteiger partial charge >= 0.3 is 0 Å². The third-order valence-corrected chi connectivity index (χ3v) is 2.80. The van der Waals surface area contributed by atoms with Crippen LogP contribution in [0.5, 0.6) is 0 Å². The summed E-state index contributed by atoms with van der Waals surface area (Å²) in [6.45, 7) is 4.35. The van der Waals surface area contributed by atoms with Gasteiger partial charge in [-0.1, -0.05) is 38.1 Å². The Morgan fingerprint density at radius 3 is 2.57 bits per heavy atom. The SMILES string of the molecule is CC(C)NC1CC(N)c2ccccc21. The van der Waals surface area contributed by atoms with Crippen LogP contribution >= 0.6 is 0 Å². The van der Waals surface area contributed by atoms with Gasteiger partial charge in [0.15, 0.2) is 0 Å². The van der Waals surface area contributed by atoms with Gasteiger partial charge in [-0.25, -0.2) is 0 Å². The first-order valence-electron chi connectivity index (χ1n) is 5.29. The summed E-state index contributed by atoms with van der Waals surface area (Å²) in [4.78, 5) is 0. The third kappa shape index (κ3) is 1.68. The minimum Gasteiger partial charge on any atom is -0.324 e. The van der Waals surface area contributed by atoms with E-state index >= 15 is 0 Å². The molecule has 0 fully saturated rings. The van der Waals surface area contributed by atoms with Crippen LogP contribution in [0.3, 0.4) is 0 Å². The quantitative estimate of drug-likeness (QED) is 0.749. The van der Waals surface area contributed by atoms with Crippen LogP contribution in [-0.4, -0.2) is 6.04 Å². The Kier molecular flexibility index (Phi) is 2.57. The fourth-order valence-electron chi connectivity index (χ4n) is 2.23. The van der Waals surface area contributed by atoms with E-state index in [4.69, 9.17) is 5.73 Å². The molecule has 2 unspecified atom stereocenters. The Morgan fingerprint density at radius 2 is 1.93 bits per heavy atom. The van der Waals surface area contributed by atoms with Crippen LogP contribution in [0.4, 0.5) is 0 Å². The zero-order valence-corrected chi connectivity index (χ0v) is 8.83. The zero-order valence-electron chi connectivity index (χ0n) is 8.83. The van der Waals surface area contributed by atoms with Gasteiger partial charge in [0.2, 0.25) is 0 Å². The summed E-state index contributed by atoms with van der Waals surface area (Å²) < 4.78 is 0. The fraction of sp³-hybridized carbons (Fsp3) is 0.500. The van der Waals surface area contributed by atoms with E-state index in [-0.39, 0.29) is 6.04 Å². The first-order chi connectivity index (χ1) is 6.68. The first kappa shape index (κ1) is 9.69. The lowest BCUT2D eigenvalue weighted by Gasteiger charge is -2.16. The van der Waals surface area contributed by atoms with Gasteiger partial charge in [0.1, 0.15) is 0 Å². The lowest BCUT2D eigenvalue weighted by atomic mass is 10.1. The standard InChI is InChI=1S/C12H18N2/c1-8(2)14-12-7-11(13)9-5-3-4-6-10(9)12/h3-6,8,11-12,14H,7,13H2,1-2H3. The van der Waals surface area contributed by atoms with Gasteiger partial charge in [0.05, 0.1) is 0 Å². The number of benzene rings is 1. The van der Waals surface area contributed by atoms with Crippen molar-refractivity contribution in [3.8, 4) is 0 Å². The number of nitrogens with two attached hydrogens (primary N) is 1. The van der Waals surface area contributed by atoms with Gasteiger partial charge < -0.3 is 11.1 Å². The van der Waals surface area contributed by atoms with Crippen molar-refractivity contribution < 1.29 is 0 Å². The summed E-state index contributed by atoms with van der Waals surface area (Å²) in [5, 5.41) is 3.55. The summed E-state index contributed by atoms with van der Waals surface area (Å²) in [5.41, 5.74) is 8.77. The molecule has 3 N–H and O–H groups in total. The highest BCUT2D eigenvalue weighted by molar-refractivity contribution is 5.37. The molecule has 2 heteroatoms. The van der Waals surface area contributed by atoms with Crippen LogP contribution in [0.15, 0.2) is 24.3 Å². The number of fused-ring (bicyclic) bond motifs is 1. The van der Waals surface area contributed by atoms with Crippen molar-refractivity contribution in [2.75, 3.05) is 0 Å². The molecule has 1 aliphatic rings. The van der Waals surface area contributed by atoms with E-state index in [0.29, 0.717) is 12.1 Å². The molecule has 0 heterocycles. The molecular weight excluding hydrogens is 172 g/mol. The molecule has 1 aromatic carbocycles. The Morgan fingerprint density at radius 1 is 1.29 bits per heavy atom. The predicted octanol–water partition coefficient (Wildman–Crippen LogP) is 2.13. The maximum atomic E-state index is 6.07. The van der Waals surface area contributed by atoms with Crippen molar-refractivity contribution >= 4 is 0 Å². The second-order valence-corrected chi connectivity index (χ2v) is 4.35. The fourth-order valence-corrected chi connectivity index (χ4v) is 2.23. The van der Waals surface area contributed by atoms with Crippen molar-refractivity contribution in [1.29, 1.82) is 0 Å². The Bertz CT molecular complexity index is 318. The topological polar surface area (TPSA) is 38.0 Å². The highest BCUT2D eigenvalue weighted by atomic mass is 15.0. The van der Waals surface area contributed by atoms with E-state index in [9.17, 15) is 0 Å². The van der Waals surface area contributed by atoms with Crippen molar-refractivity contribution in [1.82, 2.24) is 5.32 Å². The predicted molar refractivity (Wildman–Crippen MR) is 59.0 cm³/mol. The highest BCUT2D eigenvalue weighted by Gasteiger charge is 2.27. The lowest BCUT2D eigenvalue weighted by molar-refractivity contribution is 0.455. The molecule has 76 valence electrons. The zero-order chi connectivity index (χ0) is 10.1. The van der Waals surface area contributed by atoms with Gasteiger partial charge in [0, 0.05) is 18.1 Å². The van der Waals surface area contributed by atoms with Gasteiger partial charge in [0.25, 0.3) is 0 Å². The maximum absolute atomic E-state index is 6.07. The van der Waals surface area contributed by atoms with Crippen LogP contribution in [0.2, 0.25) is 0 Å². The average Bonchev–Trinajstić information content (AvgIpc) is 2.44.